The predicted molar refractivity (Wildman–Crippen MR) is 73.9 cm³/mol. The Balaban J connectivity index is 2.07. The van der Waals surface area contributed by atoms with Crippen LogP contribution in [0.25, 0.3) is 0 Å². The van der Waals surface area contributed by atoms with Crippen molar-refractivity contribution in [2.24, 2.45) is 0 Å². The van der Waals surface area contributed by atoms with Crippen LogP contribution in [-0.2, 0) is 11.2 Å². The fourth-order valence-corrected chi connectivity index (χ4v) is 1.83. The maximum atomic E-state index is 11.8. The number of benzene rings is 2. The number of nitrogens with zero attached hydrogens (tertiary/aromatic N) is 1. The lowest BCUT2D eigenvalue weighted by Gasteiger charge is -2.05. The van der Waals surface area contributed by atoms with E-state index in [4.69, 9.17) is 16.3 Å². The first-order valence-corrected chi connectivity index (χ1v) is 6.12. The van der Waals surface area contributed by atoms with Gasteiger partial charge in [-0.25, -0.2) is 0 Å². The van der Waals surface area contributed by atoms with Crippen LogP contribution in [0.3, 0.4) is 0 Å². The molecule has 0 aliphatic carbocycles. The van der Waals surface area contributed by atoms with Crippen LogP contribution in [0.1, 0.15) is 5.56 Å². The lowest BCUT2D eigenvalue weighted by molar-refractivity contribution is -0.384. The minimum Gasteiger partial charge on any atom is -0.426 e. The van der Waals surface area contributed by atoms with Gasteiger partial charge in [0.2, 0.25) is 0 Å². The van der Waals surface area contributed by atoms with Crippen molar-refractivity contribution in [2.75, 3.05) is 0 Å². The van der Waals surface area contributed by atoms with Gasteiger partial charge in [-0.3, -0.25) is 14.9 Å². The minimum absolute atomic E-state index is 0.00235. The summed E-state index contributed by atoms with van der Waals surface area (Å²) < 4.78 is 5.06. The van der Waals surface area contributed by atoms with Crippen molar-refractivity contribution in [1.82, 2.24) is 0 Å². The van der Waals surface area contributed by atoms with Gasteiger partial charge in [-0.05, 0) is 17.7 Å². The van der Waals surface area contributed by atoms with Crippen molar-refractivity contribution < 1.29 is 14.5 Å². The van der Waals surface area contributed by atoms with Crippen LogP contribution in [0.5, 0.6) is 5.75 Å². The molecular weight excluding hydrogens is 282 g/mol. The van der Waals surface area contributed by atoms with Crippen LogP contribution in [0, 0.1) is 10.1 Å². The standard InChI is InChI=1S/C14H10ClNO4/c15-13-7-2-1-4-10(13)8-14(17)20-12-6-3-5-11(9-12)16(18)19/h1-7,9H,8H2. The highest BCUT2D eigenvalue weighted by molar-refractivity contribution is 6.31. The number of carbonyl (C=O) groups is 1. The van der Waals surface area contributed by atoms with E-state index >= 15 is 0 Å². The molecule has 2 rings (SSSR count). The summed E-state index contributed by atoms with van der Waals surface area (Å²) >= 11 is 5.94. The zero-order valence-electron chi connectivity index (χ0n) is 10.3. The third-order valence-corrected chi connectivity index (χ3v) is 2.92. The third kappa shape index (κ3) is 3.55. The molecule has 0 aromatic heterocycles. The van der Waals surface area contributed by atoms with Crippen LogP contribution in [0.4, 0.5) is 5.69 Å². The molecule has 0 heterocycles. The van der Waals surface area contributed by atoms with E-state index in [2.05, 4.69) is 0 Å². The number of ether oxygens (including phenoxy) is 1. The molecule has 0 aliphatic rings. The molecule has 0 bridgehead atoms. The number of rotatable bonds is 4. The summed E-state index contributed by atoms with van der Waals surface area (Å²) in [5, 5.41) is 11.1. The van der Waals surface area contributed by atoms with Crippen LogP contribution in [0.2, 0.25) is 5.02 Å². The van der Waals surface area contributed by atoms with E-state index in [0.717, 1.165) is 0 Å². The Labute approximate surface area is 119 Å². The molecule has 0 N–H and O–H groups in total. The quantitative estimate of drug-likeness (QED) is 0.375. The van der Waals surface area contributed by atoms with E-state index in [-0.39, 0.29) is 17.9 Å². The van der Waals surface area contributed by atoms with Gasteiger partial charge in [0, 0.05) is 11.1 Å². The fraction of sp³-hybridized carbons (Fsp3) is 0.0714. The first kappa shape index (κ1) is 14.0. The second-order valence-corrected chi connectivity index (χ2v) is 4.40. The smallest absolute Gasteiger partial charge is 0.315 e. The highest BCUT2D eigenvalue weighted by Crippen LogP contribution is 2.20. The Morgan fingerprint density at radius 3 is 2.65 bits per heavy atom. The molecule has 0 saturated heterocycles. The molecule has 0 atom stereocenters. The van der Waals surface area contributed by atoms with Gasteiger partial charge in [0.1, 0.15) is 5.75 Å². The Morgan fingerprint density at radius 2 is 1.95 bits per heavy atom. The lowest BCUT2D eigenvalue weighted by Crippen LogP contribution is -2.11. The average molecular weight is 292 g/mol. The molecular formula is C14H10ClNO4. The first-order chi connectivity index (χ1) is 9.56. The molecule has 0 amide bonds. The van der Waals surface area contributed by atoms with Gasteiger partial charge in [-0.2, -0.15) is 0 Å². The van der Waals surface area contributed by atoms with Crippen LogP contribution in [0.15, 0.2) is 48.5 Å². The number of hydrogen-bond acceptors (Lipinski definition) is 4. The zero-order valence-corrected chi connectivity index (χ0v) is 11.0. The zero-order chi connectivity index (χ0) is 14.5. The Kier molecular flexibility index (Phi) is 4.32. The third-order valence-electron chi connectivity index (χ3n) is 2.55. The number of non-ortho nitro benzene ring substituents is 1. The van der Waals surface area contributed by atoms with Gasteiger partial charge < -0.3 is 4.74 Å². The van der Waals surface area contributed by atoms with E-state index in [1.165, 1.54) is 24.3 Å². The van der Waals surface area contributed by atoms with Gasteiger partial charge in [0.05, 0.1) is 17.4 Å². The lowest BCUT2D eigenvalue weighted by atomic mass is 10.1. The second kappa shape index (κ2) is 6.16. The summed E-state index contributed by atoms with van der Waals surface area (Å²) in [7, 11) is 0. The molecule has 0 unspecified atom stereocenters. The van der Waals surface area contributed by atoms with Gasteiger partial charge >= 0.3 is 5.97 Å². The molecule has 0 radical (unpaired) electrons. The predicted octanol–water partition coefficient (Wildman–Crippen LogP) is 3.40. The van der Waals surface area contributed by atoms with Gasteiger partial charge in [-0.1, -0.05) is 35.9 Å². The molecule has 0 saturated carbocycles. The van der Waals surface area contributed by atoms with Crippen molar-refractivity contribution in [1.29, 1.82) is 0 Å². The molecule has 2 aromatic carbocycles. The van der Waals surface area contributed by atoms with E-state index in [9.17, 15) is 14.9 Å². The largest absolute Gasteiger partial charge is 0.426 e. The SMILES string of the molecule is O=C(Cc1ccccc1Cl)Oc1cccc([N+](=O)[O-])c1. The van der Waals surface area contributed by atoms with Crippen molar-refractivity contribution in [3.8, 4) is 5.75 Å². The topological polar surface area (TPSA) is 69.4 Å². The van der Waals surface area contributed by atoms with E-state index < -0.39 is 10.9 Å². The number of esters is 1. The van der Waals surface area contributed by atoms with Crippen molar-refractivity contribution in [2.45, 2.75) is 6.42 Å². The van der Waals surface area contributed by atoms with Gasteiger partial charge in [0.15, 0.2) is 0 Å². The first-order valence-electron chi connectivity index (χ1n) is 5.75. The molecule has 102 valence electrons. The number of nitro benzene ring substituents is 1. The van der Waals surface area contributed by atoms with Crippen LogP contribution < -0.4 is 4.74 Å². The van der Waals surface area contributed by atoms with Crippen LogP contribution >= 0.6 is 11.6 Å². The van der Waals surface area contributed by atoms with Crippen molar-refractivity contribution in [3.63, 3.8) is 0 Å². The Hall–Kier alpha value is -2.40. The molecule has 0 spiro atoms. The summed E-state index contributed by atoms with van der Waals surface area (Å²) in [6.45, 7) is 0. The van der Waals surface area contributed by atoms with E-state index in [1.54, 1.807) is 24.3 Å². The molecule has 6 heteroatoms. The normalized spacial score (nSPS) is 10.1. The number of hydrogen-bond donors (Lipinski definition) is 0. The fourth-order valence-electron chi connectivity index (χ4n) is 1.63. The second-order valence-electron chi connectivity index (χ2n) is 4.00. The Morgan fingerprint density at radius 1 is 1.20 bits per heavy atom. The molecule has 2 aromatic rings. The molecule has 5 nitrogen and oxygen atoms in total. The summed E-state index contributed by atoms with van der Waals surface area (Å²) in [4.78, 5) is 21.8. The van der Waals surface area contributed by atoms with Gasteiger partial charge in [0.25, 0.3) is 5.69 Å². The van der Waals surface area contributed by atoms with E-state index in [0.29, 0.717) is 10.6 Å². The maximum absolute atomic E-state index is 11.8. The summed E-state index contributed by atoms with van der Waals surface area (Å²) in [5.74, 6) is -0.394. The highest BCUT2D eigenvalue weighted by Gasteiger charge is 2.11. The monoisotopic (exact) mass is 291 g/mol. The molecule has 0 aliphatic heterocycles. The summed E-state index contributed by atoms with van der Waals surface area (Å²) in [6.07, 6.45) is 0.00235. The Bertz CT molecular complexity index is 657. The average Bonchev–Trinajstić information content (AvgIpc) is 2.41. The molecule has 20 heavy (non-hydrogen) atoms. The number of halogens is 1. The van der Waals surface area contributed by atoms with Crippen LogP contribution in [-0.4, -0.2) is 10.9 Å². The minimum atomic E-state index is -0.550. The van der Waals surface area contributed by atoms with Crippen molar-refractivity contribution in [3.05, 3.63) is 69.2 Å². The highest BCUT2D eigenvalue weighted by atomic mass is 35.5. The summed E-state index contributed by atoms with van der Waals surface area (Å²) in [5.41, 5.74) is 0.512. The summed E-state index contributed by atoms with van der Waals surface area (Å²) in [6, 6.07) is 12.4. The van der Waals surface area contributed by atoms with Gasteiger partial charge in [-0.15, -0.1) is 0 Å². The maximum Gasteiger partial charge on any atom is 0.315 e. The number of nitro groups is 1. The molecule has 0 fully saturated rings. The van der Waals surface area contributed by atoms with E-state index in [1.807, 2.05) is 0 Å². The van der Waals surface area contributed by atoms with Crippen molar-refractivity contribution >= 4 is 23.3 Å². The number of carbonyl (C=O) groups excluding carboxylic acids is 1.